The van der Waals surface area contributed by atoms with E-state index in [2.05, 4.69) is 15.5 Å². The summed E-state index contributed by atoms with van der Waals surface area (Å²) in [5.74, 6) is 1.03. The van der Waals surface area contributed by atoms with Gasteiger partial charge in [-0.3, -0.25) is 0 Å². The van der Waals surface area contributed by atoms with Crippen LogP contribution in [0.1, 0.15) is 24.8 Å². The van der Waals surface area contributed by atoms with Gasteiger partial charge in [0.2, 0.25) is 11.7 Å². The molecule has 2 aromatic carbocycles. The number of rotatable bonds is 4. The Kier molecular flexibility index (Phi) is 5.11. The molecule has 1 N–H and O–H groups in total. The van der Waals surface area contributed by atoms with Gasteiger partial charge in [0.05, 0.1) is 0 Å². The first-order valence-corrected chi connectivity index (χ1v) is 10.1. The third-order valence-corrected chi connectivity index (χ3v) is 5.36. The molecule has 4 rings (SSSR count). The molecule has 0 aliphatic carbocycles. The molecule has 27 heavy (non-hydrogen) atoms. The number of carbonyl (C=O) groups excluding carboxylic acids is 1. The van der Waals surface area contributed by atoms with Crippen molar-refractivity contribution >= 4 is 23.5 Å². The largest absolute Gasteiger partial charge is 0.337 e. The molecule has 1 atom stereocenters. The lowest BCUT2D eigenvalue weighted by atomic mass is 10.2. The number of thioether (sulfide) groups is 1. The van der Waals surface area contributed by atoms with Gasteiger partial charge in [0.15, 0.2) is 0 Å². The summed E-state index contributed by atoms with van der Waals surface area (Å²) < 4.78 is 5.48. The van der Waals surface area contributed by atoms with E-state index in [4.69, 9.17) is 4.52 Å². The molecular formula is C20H20N4O2S. The topological polar surface area (TPSA) is 71.3 Å². The molecule has 0 saturated carbocycles. The van der Waals surface area contributed by atoms with Crippen molar-refractivity contribution in [2.75, 3.05) is 18.1 Å². The Morgan fingerprint density at radius 2 is 1.96 bits per heavy atom. The lowest BCUT2D eigenvalue weighted by Gasteiger charge is -2.22. The average Bonchev–Trinajstić information content (AvgIpc) is 3.38. The van der Waals surface area contributed by atoms with Crippen LogP contribution in [0.5, 0.6) is 0 Å². The normalized spacial score (nSPS) is 16.5. The lowest BCUT2D eigenvalue weighted by Crippen LogP contribution is -2.34. The van der Waals surface area contributed by atoms with Crippen LogP contribution in [0.15, 0.2) is 64.0 Å². The molecule has 1 aliphatic rings. The Morgan fingerprint density at radius 1 is 1.19 bits per heavy atom. The standard InChI is InChI=1S/C20H20N4O2S/c1-27-16-11-9-15(10-12-16)21-20(25)24-13-5-8-17(24)19-22-18(23-26-19)14-6-3-2-4-7-14/h2-4,6-7,9-12,17H,5,8,13H2,1H3,(H,21,25). The van der Waals surface area contributed by atoms with Crippen molar-refractivity contribution in [3.05, 3.63) is 60.5 Å². The lowest BCUT2D eigenvalue weighted by molar-refractivity contribution is 0.193. The van der Waals surface area contributed by atoms with Gasteiger partial charge >= 0.3 is 6.03 Å². The quantitative estimate of drug-likeness (QED) is 0.657. The molecule has 3 aromatic rings. The molecule has 1 saturated heterocycles. The third kappa shape index (κ3) is 3.83. The number of carbonyl (C=O) groups is 1. The van der Waals surface area contributed by atoms with Gasteiger partial charge in [0, 0.05) is 22.7 Å². The molecule has 2 heterocycles. The van der Waals surface area contributed by atoms with E-state index in [-0.39, 0.29) is 12.1 Å². The Balaban J connectivity index is 1.48. The van der Waals surface area contributed by atoms with Gasteiger partial charge in [-0.2, -0.15) is 4.98 Å². The number of nitrogens with one attached hydrogen (secondary N) is 1. The van der Waals surface area contributed by atoms with Crippen LogP contribution in [0.3, 0.4) is 0 Å². The van der Waals surface area contributed by atoms with Gasteiger partial charge in [0.1, 0.15) is 6.04 Å². The third-order valence-electron chi connectivity index (χ3n) is 4.61. The van der Waals surface area contributed by atoms with Crippen LogP contribution in [-0.4, -0.2) is 33.9 Å². The summed E-state index contributed by atoms with van der Waals surface area (Å²) >= 11 is 1.67. The van der Waals surface area contributed by atoms with Crippen molar-refractivity contribution in [2.24, 2.45) is 0 Å². The number of urea groups is 1. The minimum atomic E-state index is -0.194. The Bertz CT molecular complexity index is 911. The average molecular weight is 380 g/mol. The van der Waals surface area contributed by atoms with Gasteiger partial charge in [-0.15, -0.1) is 11.8 Å². The van der Waals surface area contributed by atoms with Gasteiger partial charge in [-0.05, 0) is 43.4 Å². The summed E-state index contributed by atoms with van der Waals surface area (Å²) in [4.78, 5) is 20.2. The highest BCUT2D eigenvalue weighted by Gasteiger charge is 2.34. The molecule has 0 radical (unpaired) electrons. The Hall–Kier alpha value is -2.80. The summed E-state index contributed by atoms with van der Waals surface area (Å²) in [6.45, 7) is 0.669. The molecule has 6 nitrogen and oxygen atoms in total. The predicted molar refractivity (Wildman–Crippen MR) is 106 cm³/mol. The molecule has 2 amide bonds. The van der Waals surface area contributed by atoms with Gasteiger partial charge in [-0.25, -0.2) is 4.79 Å². The number of amides is 2. The number of aromatic nitrogens is 2. The van der Waals surface area contributed by atoms with E-state index in [1.165, 1.54) is 0 Å². The molecule has 0 spiro atoms. The SMILES string of the molecule is CSc1ccc(NC(=O)N2CCCC2c2nc(-c3ccccc3)no2)cc1. The van der Waals surface area contributed by atoms with Crippen LogP contribution in [-0.2, 0) is 0 Å². The second-order valence-electron chi connectivity index (χ2n) is 6.33. The summed E-state index contributed by atoms with van der Waals surface area (Å²) in [5, 5.41) is 7.04. The van der Waals surface area contributed by atoms with Gasteiger partial charge < -0.3 is 14.7 Å². The van der Waals surface area contributed by atoms with Crippen molar-refractivity contribution in [1.29, 1.82) is 0 Å². The van der Waals surface area contributed by atoms with E-state index in [0.717, 1.165) is 29.0 Å². The smallest absolute Gasteiger partial charge is 0.322 e. The Morgan fingerprint density at radius 3 is 2.70 bits per heavy atom. The van der Waals surface area contributed by atoms with Crippen LogP contribution in [0.25, 0.3) is 11.4 Å². The number of anilines is 1. The fourth-order valence-corrected chi connectivity index (χ4v) is 3.62. The minimum Gasteiger partial charge on any atom is -0.337 e. The van der Waals surface area contributed by atoms with Gasteiger partial charge in [0.25, 0.3) is 0 Å². The van der Waals surface area contributed by atoms with E-state index in [0.29, 0.717) is 18.3 Å². The summed E-state index contributed by atoms with van der Waals surface area (Å²) in [5.41, 5.74) is 1.68. The van der Waals surface area contributed by atoms with E-state index in [9.17, 15) is 4.79 Å². The highest BCUT2D eigenvalue weighted by Crippen LogP contribution is 2.32. The monoisotopic (exact) mass is 380 g/mol. The second kappa shape index (κ2) is 7.84. The van der Waals surface area contributed by atoms with E-state index in [1.54, 1.807) is 16.7 Å². The van der Waals surface area contributed by atoms with Crippen molar-refractivity contribution in [2.45, 2.75) is 23.8 Å². The summed E-state index contributed by atoms with van der Waals surface area (Å²) in [7, 11) is 0. The fourth-order valence-electron chi connectivity index (χ4n) is 3.21. The van der Waals surface area contributed by atoms with Crippen LogP contribution in [0.4, 0.5) is 10.5 Å². The number of hydrogen-bond donors (Lipinski definition) is 1. The first-order chi connectivity index (χ1) is 13.2. The number of likely N-dealkylation sites (tertiary alicyclic amines) is 1. The zero-order valence-corrected chi connectivity index (χ0v) is 15.8. The van der Waals surface area contributed by atoms with Crippen LogP contribution < -0.4 is 5.32 Å². The highest BCUT2D eigenvalue weighted by molar-refractivity contribution is 7.98. The molecule has 1 fully saturated rings. The number of benzene rings is 2. The fraction of sp³-hybridized carbons (Fsp3) is 0.250. The number of hydrogen-bond acceptors (Lipinski definition) is 5. The van der Waals surface area contributed by atoms with E-state index >= 15 is 0 Å². The summed E-state index contributed by atoms with van der Waals surface area (Å²) in [6, 6.07) is 17.2. The zero-order valence-electron chi connectivity index (χ0n) is 15.0. The maximum absolute atomic E-state index is 12.7. The first kappa shape index (κ1) is 17.6. The van der Waals surface area contributed by atoms with Crippen molar-refractivity contribution in [1.82, 2.24) is 15.0 Å². The minimum absolute atomic E-state index is 0.145. The highest BCUT2D eigenvalue weighted by atomic mass is 32.2. The van der Waals surface area contributed by atoms with E-state index < -0.39 is 0 Å². The maximum atomic E-state index is 12.7. The maximum Gasteiger partial charge on any atom is 0.322 e. The Labute approximate surface area is 162 Å². The predicted octanol–water partition coefficient (Wildman–Crippen LogP) is 4.83. The zero-order chi connectivity index (χ0) is 18.6. The first-order valence-electron chi connectivity index (χ1n) is 8.85. The van der Waals surface area contributed by atoms with Crippen molar-refractivity contribution in [3.63, 3.8) is 0 Å². The summed E-state index contributed by atoms with van der Waals surface area (Å²) in [6.07, 6.45) is 3.75. The molecule has 0 bridgehead atoms. The number of nitrogens with zero attached hydrogens (tertiary/aromatic N) is 3. The van der Waals surface area contributed by atoms with Crippen molar-refractivity contribution < 1.29 is 9.32 Å². The van der Waals surface area contributed by atoms with Crippen LogP contribution in [0.2, 0.25) is 0 Å². The molecular weight excluding hydrogens is 360 g/mol. The second-order valence-corrected chi connectivity index (χ2v) is 7.21. The molecule has 138 valence electrons. The van der Waals surface area contributed by atoms with Crippen LogP contribution >= 0.6 is 11.8 Å². The van der Waals surface area contributed by atoms with Gasteiger partial charge in [-0.1, -0.05) is 35.5 Å². The molecule has 1 aliphatic heterocycles. The molecule has 1 aromatic heterocycles. The van der Waals surface area contributed by atoms with E-state index in [1.807, 2.05) is 60.9 Å². The van der Waals surface area contributed by atoms with Crippen LogP contribution in [0, 0.1) is 0 Å². The van der Waals surface area contributed by atoms with Crippen molar-refractivity contribution in [3.8, 4) is 11.4 Å². The molecule has 7 heteroatoms. The molecule has 1 unspecified atom stereocenters.